The van der Waals surface area contributed by atoms with Crippen LogP contribution in [-0.4, -0.2) is 5.11 Å². The molecule has 1 N–H and O–H groups in total. The Morgan fingerprint density at radius 2 is 1.45 bits per heavy atom. The van der Waals surface area contributed by atoms with Gasteiger partial charge >= 0.3 is 0 Å². The summed E-state index contributed by atoms with van der Waals surface area (Å²) < 4.78 is 0. The lowest BCUT2D eigenvalue weighted by Crippen LogP contribution is -2.10. The molecule has 104 valence electrons. The summed E-state index contributed by atoms with van der Waals surface area (Å²) in [6, 6.07) is 14.2. The maximum atomic E-state index is 9.58. The molecule has 0 radical (unpaired) electrons. The molecule has 0 aliphatic heterocycles. The third-order valence-electron chi connectivity index (χ3n) is 3.33. The van der Waals surface area contributed by atoms with Gasteiger partial charge in [0.1, 0.15) is 5.75 Å². The number of aromatic hydroxyl groups is 1. The van der Waals surface area contributed by atoms with Crippen LogP contribution in [0.5, 0.6) is 5.75 Å². The lowest BCUT2D eigenvalue weighted by Gasteiger charge is -2.18. The maximum Gasteiger partial charge on any atom is 0.116 e. The third kappa shape index (κ3) is 3.74. The fraction of sp³-hybridized carbons (Fsp3) is 0.263. The number of rotatable bonds is 2. The number of aryl methyl sites for hydroxylation is 1. The lowest BCUT2D eigenvalue weighted by atomic mass is 9.87. The first kappa shape index (κ1) is 14.4. The average molecular weight is 266 g/mol. The van der Waals surface area contributed by atoms with Crippen molar-refractivity contribution < 1.29 is 5.11 Å². The molecule has 0 aromatic heterocycles. The molecule has 0 aliphatic rings. The minimum Gasteiger partial charge on any atom is -0.508 e. The Bertz CT molecular complexity index is 593. The van der Waals surface area contributed by atoms with Crippen molar-refractivity contribution in [1.82, 2.24) is 0 Å². The van der Waals surface area contributed by atoms with E-state index in [9.17, 15) is 5.11 Å². The second-order valence-corrected chi connectivity index (χ2v) is 6.31. The zero-order valence-electron chi connectivity index (χ0n) is 12.6. The van der Waals surface area contributed by atoms with Gasteiger partial charge in [-0.05, 0) is 46.7 Å². The number of hydrogen-bond donors (Lipinski definition) is 1. The number of phenolic OH excluding ortho intramolecular Hbond substituents is 1. The fourth-order valence-electron chi connectivity index (χ4n) is 2.17. The molecule has 1 heteroatoms. The van der Waals surface area contributed by atoms with Gasteiger partial charge in [-0.1, -0.05) is 63.3 Å². The molecule has 0 spiro atoms. The molecule has 0 bridgehead atoms. The van der Waals surface area contributed by atoms with Crippen LogP contribution in [0.25, 0.3) is 12.2 Å². The van der Waals surface area contributed by atoms with Crippen LogP contribution in [0.4, 0.5) is 0 Å². The van der Waals surface area contributed by atoms with Crippen LogP contribution in [-0.2, 0) is 5.41 Å². The second-order valence-electron chi connectivity index (χ2n) is 6.31. The zero-order valence-corrected chi connectivity index (χ0v) is 12.6. The van der Waals surface area contributed by atoms with E-state index >= 15 is 0 Å². The lowest BCUT2D eigenvalue weighted by molar-refractivity contribution is 0.475. The molecule has 0 fully saturated rings. The number of hydrogen-bond acceptors (Lipinski definition) is 1. The predicted octanol–water partition coefficient (Wildman–Crippen LogP) is 5.17. The first-order valence-electron chi connectivity index (χ1n) is 6.94. The van der Waals surface area contributed by atoms with E-state index in [0.717, 1.165) is 11.1 Å². The van der Waals surface area contributed by atoms with Crippen LogP contribution in [0.1, 0.15) is 43.0 Å². The monoisotopic (exact) mass is 266 g/mol. The summed E-state index contributed by atoms with van der Waals surface area (Å²) in [6.07, 6.45) is 4.10. The van der Waals surface area contributed by atoms with E-state index in [4.69, 9.17) is 0 Å². The van der Waals surface area contributed by atoms with Crippen molar-refractivity contribution in [3.05, 3.63) is 64.7 Å². The molecule has 0 saturated carbocycles. The highest BCUT2D eigenvalue weighted by Gasteiger charge is 2.12. The van der Waals surface area contributed by atoms with E-state index in [1.807, 2.05) is 13.0 Å². The quantitative estimate of drug-likeness (QED) is 0.744. The normalized spacial score (nSPS) is 12.0. The highest BCUT2D eigenvalue weighted by molar-refractivity contribution is 5.70. The summed E-state index contributed by atoms with van der Waals surface area (Å²) in [7, 11) is 0. The van der Waals surface area contributed by atoms with Gasteiger partial charge in [-0.3, -0.25) is 0 Å². The Labute approximate surface area is 121 Å². The Hall–Kier alpha value is -2.02. The Kier molecular flexibility index (Phi) is 3.99. The second kappa shape index (κ2) is 5.54. The zero-order chi connectivity index (χ0) is 14.8. The van der Waals surface area contributed by atoms with E-state index in [1.54, 1.807) is 12.1 Å². The van der Waals surface area contributed by atoms with Gasteiger partial charge in [-0.2, -0.15) is 0 Å². The minimum atomic E-state index is 0.185. The molecule has 1 nitrogen and oxygen atoms in total. The molecule has 0 unspecified atom stereocenters. The number of benzene rings is 2. The third-order valence-corrected chi connectivity index (χ3v) is 3.33. The Morgan fingerprint density at radius 1 is 0.850 bits per heavy atom. The standard InChI is InChI=1S/C19H22O/c1-14-11-16(13-18(20)12-14)6-5-15-7-9-17(10-8-15)19(2,3)4/h5-13,20H,1-4H3/b6-5+. The molecule has 0 amide bonds. The highest BCUT2D eigenvalue weighted by Crippen LogP contribution is 2.23. The molecule has 0 saturated heterocycles. The van der Waals surface area contributed by atoms with E-state index in [1.165, 1.54) is 11.1 Å². The van der Waals surface area contributed by atoms with Crippen LogP contribution in [0.3, 0.4) is 0 Å². The van der Waals surface area contributed by atoms with Crippen LogP contribution >= 0.6 is 0 Å². The molecule has 0 aliphatic carbocycles. The summed E-state index contributed by atoms with van der Waals surface area (Å²) >= 11 is 0. The van der Waals surface area contributed by atoms with E-state index < -0.39 is 0 Å². The van der Waals surface area contributed by atoms with Gasteiger partial charge in [-0.15, -0.1) is 0 Å². The van der Waals surface area contributed by atoms with Gasteiger partial charge in [0, 0.05) is 0 Å². The van der Waals surface area contributed by atoms with Crippen molar-refractivity contribution in [1.29, 1.82) is 0 Å². The molecule has 2 aromatic carbocycles. The molecular weight excluding hydrogens is 244 g/mol. The van der Waals surface area contributed by atoms with Crippen molar-refractivity contribution in [2.45, 2.75) is 33.1 Å². The Morgan fingerprint density at radius 3 is 2.00 bits per heavy atom. The molecule has 0 heterocycles. The Balaban J connectivity index is 2.19. The van der Waals surface area contributed by atoms with Gasteiger partial charge in [0.25, 0.3) is 0 Å². The first-order chi connectivity index (χ1) is 9.34. The number of phenols is 1. The van der Waals surface area contributed by atoms with Crippen LogP contribution in [0.2, 0.25) is 0 Å². The molecular formula is C19H22O. The summed E-state index contributed by atoms with van der Waals surface area (Å²) in [5.41, 5.74) is 4.77. The van der Waals surface area contributed by atoms with Gasteiger partial charge in [0.05, 0.1) is 0 Å². The smallest absolute Gasteiger partial charge is 0.116 e. The fourth-order valence-corrected chi connectivity index (χ4v) is 2.17. The van der Waals surface area contributed by atoms with Crippen molar-refractivity contribution in [2.75, 3.05) is 0 Å². The SMILES string of the molecule is Cc1cc(O)cc(/C=C/c2ccc(C(C)(C)C)cc2)c1. The van der Waals surface area contributed by atoms with Crippen molar-refractivity contribution in [3.8, 4) is 5.75 Å². The molecule has 2 rings (SSSR count). The average Bonchev–Trinajstić information content (AvgIpc) is 2.35. The van der Waals surface area contributed by atoms with Gasteiger partial charge in [0.2, 0.25) is 0 Å². The molecule has 0 atom stereocenters. The highest BCUT2D eigenvalue weighted by atomic mass is 16.3. The van der Waals surface area contributed by atoms with Crippen LogP contribution in [0.15, 0.2) is 42.5 Å². The van der Waals surface area contributed by atoms with Crippen molar-refractivity contribution in [3.63, 3.8) is 0 Å². The van der Waals surface area contributed by atoms with Gasteiger partial charge in [-0.25, -0.2) is 0 Å². The summed E-state index contributed by atoms with van der Waals surface area (Å²) in [5, 5.41) is 9.58. The summed E-state index contributed by atoms with van der Waals surface area (Å²) in [6.45, 7) is 8.63. The van der Waals surface area contributed by atoms with Crippen LogP contribution < -0.4 is 0 Å². The predicted molar refractivity (Wildman–Crippen MR) is 86.9 cm³/mol. The van der Waals surface area contributed by atoms with Crippen LogP contribution in [0, 0.1) is 6.92 Å². The first-order valence-corrected chi connectivity index (χ1v) is 6.94. The van der Waals surface area contributed by atoms with Gasteiger partial charge < -0.3 is 5.11 Å². The summed E-state index contributed by atoms with van der Waals surface area (Å²) in [5.74, 6) is 0.313. The van der Waals surface area contributed by atoms with Gasteiger partial charge in [0.15, 0.2) is 0 Å². The molecule has 2 aromatic rings. The van der Waals surface area contributed by atoms with Crippen molar-refractivity contribution in [2.24, 2.45) is 0 Å². The van der Waals surface area contributed by atoms with E-state index in [-0.39, 0.29) is 5.41 Å². The van der Waals surface area contributed by atoms with E-state index in [2.05, 4.69) is 57.2 Å². The maximum absolute atomic E-state index is 9.58. The molecule has 20 heavy (non-hydrogen) atoms. The largest absolute Gasteiger partial charge is 0.508 e. The topological polar surface area (TPSA) is 20.2 Å². The van der Waals surface area contributed by atoms with Crippen molar-refractivity contribution >= 4 is 12.2 Å². The van der Waals surface area contributed by atoms with E-state index in [0.29, 0.717) is 5.75 Å². The summed E-state index contributed by atoms with van der Waals surface area (Å²) in [4.78, 5) is 0. The minimum absolute atomic E-state index is 0.185.